The first-order valence-corrected chi connectivity index (χ1v) is 6.93. The molecule has 1 rings (SSSR count). The van der Waals surface area contributed by atoms with Crippen LogP contribution in [0.25, 0.3) is 0 Å². The summed E-state index contributed by atoms with van der Waals surface area (Å²) in [7, 11) is 1.66. The largest absolute Gasteiger partial charge is 0.473 e. The summed E-state index contributed by atoms with van der Waals surface area (Å²) >= 11 is 0. The summed E-state index contributed by atoms with van der Waals surface area (Å²) < 4.78 is 5.47. The second-order valence-electron chi connectivity index (χ2n) is 4.56. The maximum Gasteiger partial charge on any atom is 0.352 e. The van der Waals surface area contributed by atoms with Crippen molar-refractivity contribution in [2.75, 3.05) is 19.0 Å². The lowest BCUT2D eigenvalue weighted by molar-refractivity contribution is -0.387. The standard InChI is InChI=1S/C13H22N4O3/c1-4-5-6-7-8-9-20-12-11(17(18)19)10(2)15-13(14-3)16-12/h4-9H2,1-3H3,(H,14,15,16). The van der Waals surface area contributed by atoms with Crippen molar-refractivity contribution in [3.05, 3.63) is 15.8 Å². The predicted molar refractivity (Wildman–Crippen MR) is 77.2 cm³/mol. The van der Waals surface area contributed by atoms with Gasteiger partial charge in [-0.1, -0.05) is 32.6 Å². The van der Waals surface area contributed by atoms with Gasteiger partial charge in [-0.25, -0.2) is 4.98 Å². The fourth-order valence-electron chi connectivity index (χ4n) is 1.84. The van der Waals surface area contributed by atoms with Crippen molar-refractivity contribution in [2.45, 2.75) is 46.0 Å². The van der Waals surface area contributed by atoms with E-state index in [1.54, 1.807) is 14.0 Å². The van der Waals surface area contributed by atoms with Gasteiger partial charge in [0.2, 0.25) is 5.95 Å². The number of hydrogen-bond donors (Lipinski definition) is 1. The Morgan fingerprint density at radius 2 is 1.95 bits per heavy atom. The first-order chi connectivity index (χ1) is 9.60. The van der Waals surface area contributed by atoms with Crippen LogP contribution in [-0.4, -0.2) is 28.5 Å². The Balaban J connectivity index is 2.67. The average molecular weight is 282 g/mol. The molecule has 1 heterocycles. The van der Waals surface area contributed by atoms with Gasteiger partial charge in [0.05, 0.1) is 11.5 Å². The summed E-state index contributed by atoms with van der Waals surface area (Å²) in [6.07, 6.45) is 5.48. The number of unbranched alkanes of at least 4 members (excludes halogenated alkanes) is 4. The van der Waals surface area contributed by atoms with E-state index in [-0.39, 0.29) is 11.6 Å². The number of nitrogens with one attached hydrogen (secondary N) is 1. The molecule has 20 heavy (non-hydrogen) atoms. The molecule has 0 aliphatic carbocycles. The third-order valence-corrected chi connectivity index (χ3v) is 2.92. The van der Waals surface area contributed by atoms with Crippen molar-refractivity contribution in [3.63, 3.8) is 0 Å². The Bertz CT molecular complexity index is 451. The van der Waals surface area contributed by atoms with Crippen molar-refractivity contribution in [1.29, 1.82) is 0 Å². The maximum absolute atomic E-state index is 11.0. The van der Waals surface area contributed by atoms with E-state index in [9.17, 15) is 10.1 Å². The van der Waals surface area contributed by atoms with E-state index in [2.05, 4.69) is 22.2 Å². The normalized spacial score (nSPS) is 10.3. The van der Waals surface area contributed by atoms with Crippen LogP contribution in [0.2, 0.25) is 0 Å². The van der Waals surface area contributed by atoms with Crippen LogP contribution in [0.1, 0.15) is 44.7 Å². The molecule has 0 unspecified atom stereocenters. The van der Waals surface area contributed by atoms with Gasteiger partial charge in [-0.15, -0.1) is 0 Å². The smallest absolute Gasteiger partial charge is 0.352 e. The molecular formula is C13H22N4O3. The maximum atomic E-state index is 11.0. The molecule has 0 aromatic carbocycles. The molecule has 1 N–H and O–H groups in total. The molecule has 0 saturated heterocycles. The number of aryl methyl sites for hydroxylation is 1. The minimum atomic E-state index is -0.499. The molecular weight excluding hydrogens is 260 g/mol. The Kier molecular flexibility index (Phi) is 6.69. The van der Waals surface area contributed by atoms with Gasteiger partial charge in [-0.2, -0.15) is 4.98 Å². The van der Waals surface area contributed by atoms with E-state index in [0.29, 0.717) is 18.2 Å². The SMILES string of the molecule is CCCCCCCOc1nc(NC)nc(C)c1[N+](=O)[O-]. The van der Waals surface area contributed by atoms with Gasteiger partial charge in [0.15, 0.2) is 0 Å². The molecule has 0 amide bonds. The first kappa shape index (κ1) is 16.1. The summed E-state index contributed by atoms with van der Waals surface area (Å²) in [5.74, 6) is 0.372. The van der Waals surface area contributed by atoms with Gasteiger partial charge < -0.3 is 10.1 Å². The number of anilines is 1. The Morgan fingerprint density at radius 1 is 1.25 bits per heavy atom. The van der Waals surface area contributed by atoms with Crippen LogP contribution in [0.3, 0.4) is 0 Å². The topological polar surface area (TPSA) is 90.2 Å². The zero-order chi connectivity index (χ0) is 15.0. The van der Waals surface area contributed by atoms with E-state index in [0.717, 1.165) is 19.3 Å². The number of rotatable bonds is 9. The minimum Gasteiger partial charge on any atom is -0.473 e. The fraction of sp³-hybridized carbons (Fsp3) is 0.692. The predicted octanol–water partition coefficient (Wildman–Crippen LogP) is 3.08. The first-order valence-electron chi connectivity index (χ1n) is 6.93. The van der Waals surface area contributed by atoms with Gasteiger partial charge in [0.1, 0.15) is 5.69 Å². The highest BCUT2D eigenvalue weighted by Crippen LogP contribution is 2.28. The van der Waals surface area contributed by atoms with Crippen LogP contribution in [0.4, 0.5) is 11.6 Å². The number of nitro groups is 1. The van der Waals surface area contributed by atoms with E-state index in [1.807, 2.05) is 0 Å². The Morgan fingerprint density at radius 3 is 2.55 bits per heavy atom. The zero-order valence-electron chi connectivity index (χ0n) is 12.3. The van der Waals surface area contributed by atoms with Crippen LogP contribution in [0.5, 0.6) is 5.88 Å². The molecule has 0 fully saturated rings. The number of hydrogen-bond acceptors (Lipinski definition) is 6. The van der Waals surface area contributed by atoms with Crippen LogP contribution in [0, 0.1) is 17.0 Å². The fourth-order valence-corrected chi connectivity index (χ4v) is 1.84. The number of nitrogens with zero attached hydrogens (tertiary/aromatic N) is 3. The summed E-state index contributed by atoms with van der Waals surface area (Å²) in [4.78, 5) is 18.6. The molecule has 0 atom stereocenters. The van der Waals surface area contributed by atoms with E-state index >= 15 is 0 Å². The van der Waals surface area contributed by atoms with Crippen molar-refractivity contribution < 1.29 is 9.66 Å². The number of ether oxygens (including phenoxy) is 1. The quantitative estimate of drug-likeness (QED) is 0.425. The van der Waals surface area contributed by atoms with Crippen LogP contribution >= 0.6 is 0 Å². The van der Waals surface area contributed by atoms with Crippen molar-refractivity contribution in [1.82, 2.24) is 9.97 Å². The molecule has 112 valence electrons. The highest BCUT2D eigenvalue weighted by Gasteiger charge is 2.23. The van der Waals surface area contributed by atoms with Crippen molar-refractivity contribution in [2.24, 2.45) is 0 Å². The highest BCUT2D eigenvalue weighted by molar-refractivity contribution is 5.48. The summed E-state index contributed by atoms with van der Waals surface area (Å²) in [6, 6.07) is 0. The van der Waals surface area contributed by atoms with Crippen molar-refractivity contribution in [3.8, 4) is 5.88 Å². The Hall–Kier alpha value is -1.92. The second kappa shape index (κ2) is 8.29. The third-order valence-electron chi connectivity index (χ3n) is 2.92. The van der Waals surface area contributed by atoms with Gasteiger partial charge >= 0.3 is 5.69 Å². The lowest BCUT2D eigenvalue weighted by Gasteiger charge is -2.08. The zero-order valence-corrected chi connectivity index (χ0v) is 12.3. The molecule has 1 aromatic rings. The highest BCUT2D eigenvalue weighted by atomic mass is 16.6. The van der Waals surface area contributed by atoms with Crippen molar-refractivity contribution >= 4 is 11.6 Å². The number of aromatic nitrogens is 2. The summed E-state index contributed by atoms with van der Waals surface area (Å²) in [6.45, 7) is 4.17. The van der Waals surface area contributed by atoms with Crippen LogP contribution in [-0.2, 0) is 0 Å². The van der Waals surface area contributed by atoms with E-state index in [4.69, 9.17) is 4.74 Å². The van der Waals surface area contributed by atoms with E-state index < -0.39 is 4.92 Å². The minimum absolute atomic E-state index is 0.0438. The van der Waals surface area contributed by atoms with Crippen LogP contribution in [0.15, 0.2) is 0 Å². The second-order valence-corrected chi connectivity index (χ2v) is 4.56. The van der Waals surface area contributed by atoms with E-state index in [1.165, 1.54) is 12.8 Å². The molecule has 0 saturated carbocycles. The van der Waals surface area contributed by atoms with Gasteiger partial charge in [-0.05, 0) is 13.3 Å². The van der Waals surface area contributed by atoms with Gasteiger partial charge in [0, 0.05) is 7.05 Å². The Labute approximate surface area is 118 Å². The molecule has 0 spiro atoms. The molecule has 7 heteroatoms. The monoisotopic (exact) mass is 282 g/mol. The average Bonchev–Trinajstić information content (AvgIpc) is 2.41. The molecule has 0 aliphatic heterocycles. The summed E-state index contributed by atoms with van der Waals surface area (Å²) in [5.41, 5.74) is 0.146. The molecule has 1 aromatic heterocycles. The van der Waals surface area contributed by atoms with Gasteiger partial charge in [0.25, 0.3) is 5.88 Å². The molecule has 0 radical (unpaired) electrons. The summed E-state index contributed by atoms with van der Waals surface area (Å²) in [5, 5.41) is 13.8. The van der Waals surface area contributed by atoms with Gasteiger partial charge in [-0.3, -0.25) is 10.1 Å². The molecule has 0 aliphatic rings. The van der Waals surface area contributed by atoms with Crippen LogP contribution < -0.4 is 10.1 Å². The lowest BCUT2D eigenvalue weighted by atomic mass is 10.2. The lowest BCUT2D eigenvalue weighted by Crippen LogP contribution is -2.08. The molecule has 0 bridgehead atoms. The molecule has 7 nitrogen and oxygen atoms in total. The third kappa shape index (κ3) is 4.64.